The second-order valence-electron chi connectivity index (χ2n) is 6.96. The highest BCUT2D eigenvalue weighted by Crippen LogP contribution is 2.67. The SMILES string of the molecule is CCCCCCCCCCCCCCCC(N)(P(=O)(O)O)P(=O)(O)O. The molecule has 0 aliphatic rings. The molecule has 0 unspecified atom stereocenters. The maximum absolute atomic E-state index is 11.3. The van der Waals surface area contributed by atoms with Crippen molar-refractivity contribution in [3.63, 3.8) is 0 Å². The van der Waals surface area contributed by atoms with Crippen molar-refractivity contribution in [2.75, 3.05) is 0 Å². The Labute approximate surface area is 152 Å². The lowest BCUT2D eigenvalue weighted by atomic mass is 10.0. The van der Waals surface area contributed by atoms with Crippen molar-refractivity contribution < 1.29 is 28.7 Å². The molecule has 0 amide bonds. The molecule has 0 rings (SSSR count). The van der Waals surface area contributed by atoms with E-state index in [0.29, 0.717) is 12.8 Å². The van der Waals surface area contributed by atoms with E-state index in [2.05, 4.69) is 6.92 Å². The second-order valence-corrected chi connectivity index (χ2v) is 11.1. The monoisotopic (exact) mass is 401 g/mol. The predicted molar refractivity (Wildman–Crippen MR) is 101 cm³/mol. The van der Waals surface area contributed by atoms with E-state index in [1.165, 1.54) is 51.4 Å². The van der Waals surface area contributed by atoms with Crippen LogP contribution in [0.4, 0.5) is 0 Å². The van der Waals surface area contributed by atoms with Crippen LogP contribution in [0.3, 0.4) is 0 Å². The van der Waals surface area contributed by atoms with Crippen LogP contribution in [0.5, 0.6) is 0 Å². The number of unbranched alkanes of at least 4 members (excludes halogenated alkanes) is 12. The van der Waals surface area contributed by atoms with Crippen molar-refractivity contribution in [2.24, 2.45) is 5.73 Å². The van der Waals surface area contributed by atoms with Crippen LogP contribution < -0.4 is 5.73 Å². The summed E-state index contributed by atoms with van der Waals surface area (Å²) in [7, 11) is -10.2. The van der Waals surface area contributed by atoms with Crippen LogP contribution in [0, 0.1) is 0 Å². The minimum absolute atomic E-state index is 0.296. The van der Waals surface area contributed by atoms with E-state index in [4.69, 9.17) is 25.3 Å². The summed E-state index contributed by atoms with van der Waals surface area (Å²) in [4.78, 5) is 36.6. The highest BCUT2D eigenvalue weighted by molar-refractivity contribution is 7.72. The van der Waals surface area contributed by atoms with Gasteiger partial charge in [0.25, 0.3) is 0 Å². The van der Waals surface area contributed by atoms with Gasteiger partial charge in [-0.25, -0.2) is 0 Å². The standard InChI is InChI=1S/C16H37NO6P2/c1-2-3-4-5-6-7-8-9-10-11-12-13-14-15-16(17,24(18,19)20)25(21,22)23/h2-15,17H2,1H3,(H2,18,19,20)(H2,21,22,23). The van der Waals surface area contributed by atoms with Gasteiger partial charge in [0, 0.05) is 0 Å². The first-order valence-electron chi connectivity index (χ1n) is 9.46. The smallest absolute Gasteiger partial charge is 0.323 e. The van der Waals surface area contributed by atoms with Crippen molar-refractivity contribution in [1.82, 2.24) is 0 Å². The first kappa shape index (κ1) is 25.3. The predicted octanol–water partition coefficient (Wildman–Crippen LogP) is 4.44. The largest absolute Gasteiger partial charge is 0.357 e. The van der Waals surface area contributed by atoms with Gasteiger partial charge < -0.3 is 25.3 Å². The number of nitrogens with two attached hydrogens (primary N) is 1. The van der Waals surface area contributed by atoms with Crippen LogP contribution in [0.15, 0.2) is 0 Å². The highest BCUT2D eigenvalue weighted by atomic mass is 31.2. The zero-order chi connectivity index (χ0) is 19.4. The fourth-order valence-corrected chi connectivity index (χ4v) is 5.12. The Bertz CT molecular complexity index is 412. The van der Waals surface area contributed by atoms with Crippen LogP contribution in [0.1, 0.15) is 96.8 Å². The average molecular weight is 401 g/mol. The van der Waals surface area contributed by atoms with Gasteiger partial charge in [0.15, 0.2) is 0 Å². The van der Waals surface area contributed by atoms with Gasteiger partial charge in [-0.05, 0) is 6.42 Å². The summed E-state index contributed by atoms with van der Waals surface area (Å²) in [6.45, 7) is 2.21. The topological polar surface area (TPSA) is 141 Å². The van der Waals surface area contributed by atoms with Gasteiger partial charge in [-0.2, -0.15) is 0 Å². The molecule has 0 aliphatic carbocycles. The van der Waals surface area contributed by atoms with Crippen LogP contribution in [-0.2, 0) is 9.13 Å². The molecule has 0 saturated heterocycles. The zero-order valence-corrected chi connectivity index (χ0v) is 17.3. The Morgan fingerprint density at radius 2 is 0.920 bits per heavy atom. The van der Waals surface area contributed by atoms with Crippen LogP contribution >= 0.6 is 15.2 Å². The molecule has 7 nitrogen and oxygen atoms in total. The maximum Gasteiger partial charge on any atom is 0.357 e. The Hall–Kier alpha value is 0.260. The second kappa shape index (κ2) is 12.6. The van der Waals surface area contributed by atoms with E-state index < -0.39 is 20.2 Å². The third-order valence-electron chi connectivity index (χ3n) is 4.66. The molecule has 0 saturated carbocycles. The summed E-state index contributed by atoms with van der Waals surface area (Å²) < 4.78 is 22.7. The molecule has 0 aliphatic heterocycles. The fourth-order valence-electron chi connectivity index (χ4n) is 2.86. The maximum atomic E-state index is 11.3. The zero-order valence-electron chi connectivity index (χ0n) is 15.5. The third-order valence-corrected chi connectivity index (χ3v) is 8.69. The van der Waals surface area contributed by atoms with Crippen molar-refractivity contribution in [2.45, 2.75) is 102 Å². The van der Waals surface area contributed by atoms with Gasteiger partial charge >= 0.3 is 15.2 Å². The van der Waals surface area contributed by atoms with E-state index in [0.717, 1.165) is 19.3 Å². The lowest BCUT2D eigenvalue weighted by Gasteiger charge is -2.30. The Balaban J connectivity index is 3.72. The molecule has 0 radical (unpaired) electrons. The van der Waals surface area contributed by atoms with Crippen molar-refractivity contribution >= 4 is 15.2 Å². The lowest BCUT2D eigenvalue weighted by molar-refractivity contribution is 0.300. The van der Waals surface area contributed by atoms with Gasteiger partial charge in [0.2, 0.25) is 5.02 Å². The van der Waals surface area contributed by atoms with Gasteiger partial charge in [-0.15, -0.1) is 0 Å². The van der Waals surface area contributed by atoms with Crippen LogP contribution in [0.25, 0.3) is 0 Å². The summed E-state index contributed by atoms with van der Waals surface area (Å²) >= 11 is 0. The van der Waals surface area contributed by atoms with Gasteiger partial charge in [0.1, 0.15) is 0 Å². The quantitative estimate of drug-likeness (QED) is 0.190. The van der Waals surface area contributed by atoms with E-state index >= 15 is 0 Å². The lowest BCUT2D eigenvalue weighted by Crippen LogP contribution is -2.39. The molecule has 6 N–H and O–H groups in total. The summed E-state index contributed by atoms with van der Waals surface area (Å²) in [6, 6.07) is 0. The Kier molecular flexibility index (Phi) is 12.7. The number of rotatable bonds is 16. The Morgan fingerprint density at radius 3 is 1.20 bits per heavy atom. The van der Waals surface area contributed by atoms with E-state index in [-0.39, 0.29) is 6.42 Å². The molecule has 0 heterocycles. The molecule has 152 valence electrons. The average Bonchev–Trinajstić information content (AvgIpc) is 2.49. The van der Waals surface area contributed by atoms with Crippen LogP contribution in [0.2, 0.25) is 0 Å². The van der Waals surface area contributed by atoms with Crippen LogP contribution in [-0.4, -0.2) is 24.6 Å². The molecule has 0 aromatic rings. The first-order chi connectivity index (χ1) is 11.6. The molecular weight excluding hydrogens is 364 g/mol. The Morgan fingerprint density at radius 1 is 0.640 bits per heavy atom. The normalized spacial score (nSPS) is 13.4. The molecular formula is C16H37NO6P2. The van der Waals surface area contributed by atoms with Gasteiger partial charge in [-0.3, -0.25) is 9.13 Å². The number of hydrogen-bond acceptors (Lipinski definition) is 3. The van der Waals surface area contributed by atoms with Gasteiger partial charge in [-0.1, -0.05) is 90.4 Å². The molecule has 0 aromatic heterocycles. The van der Waals surface area contributed by atoms with Crippen molar-refractivity contribution in [1.29, 1.82) is 0 Å². The first-order valence-corrected chi connectivity index (χ1v) is 12.7. The summed E-state index contributed by atoms with van der Waals surface area (Å²) in [5.41, 5.74) is 5.37. The van der Waals surface area contributed by atoms with E-state index in [1.807, 2.05) is 0 Å². The molecule has 0 spiro atoms. The minimum Gasteiger partial charge on any atom is -0.323 e. The summed E-state index contributed by atoms with van der Waals surface area (Å²) in [6.07, 6.45) is 13.9. The van der Waals surface area contributed by atoms with E-state index in [9.17, 15) is 9.13 Å². The molecule has 0 bridgehead atoms. The fraction of sp³-hybridized carbons (Fsp3) is 1.00. The van der Waals surface area contributed by atoms with E-state index in [1.54, 1.807) is 0 Å². The molecule has 0 aromatic carbocycles. The third kappa shape index (κ3) is 10.2. The summed E-state index contributed by atoms with van der Waals surface area (Å²) in [5.74, 6) is 0. The molecule has 0 fully saturated rings. The van der Waals surface area contributed by atoms with Gasteiger partial charge in [0.05, 0.1) is 0 Å². The van der Waals surface area contributed by atoms with Crippen molar-refractivity contribution in [3.05, 3.63) is 0 Å². The molecule has 25 heavy (non-hydrogen) atoms. The number of hydrogen-bond donors (Lipinski definition) is 5. The molecule has 9 heteroatoms. The minimum atomic E-state index is -5.08. The molecule has 0 atom stereocenters. The van der Waals surface area contributed by atoms with Crippen molar-refractivity contribution in [3.8, 4) is 0 Å². The highest BCUT2D eigenvalue weighted by Gasteiger charge is 2.56. The summed E-state index contributed by atoms with van der Waals surface area (Å²) in [5, 5.41) is -2.75.